The van der Waals surface area contributed by atoms with Crippen LogP contribution in [0.3, 0.4) is 0 Å². The predicted octanol–water partition coefficient (Wildman–Crippen LogP) is 2.31. The number of carbonyl (C=O) groups is 4. The number of hydrogen-bond donors (Lipinski definition) is 4. The molecule has 4 aliphatic carbocycles. The molecule has 5 aliphatic rings. The van der Waals surface area contributed by atoms with Gasteiger partial charge in [-0.3, -0.25) is 14.4 Å². The molecule has 1 saturated heterocycles. The number of carboxylic acids is 1. The maximum absolute atomic E-state index is 12.5. The number of allylic oxidation sites excluding steroid dienone is 5. The number of hydrogen-bond acceptors (Lipinski definition) is 12. The van der Waals surface area contributed by atoms with Gasteiger partial charge in [0.15, 0.2) is 0 Å². The molecular formula is C47H71NaO12. The molecule has 0 aromatic rings. The second kappa shape index (κ2) is 24.5. The van der Waals surface area contributed by atoms with Crippen molar-refractivity contribution in [3.63, 3.8) is 0 Å². The van der Waals surface area contributed by atoms with Crippen LogP contribution in [0.25, 0.3) is 0 Å². The van der Waals surface area contributed by atoms with Crippen LogP contribution in [-0.4, -0.2) is 87.0 Å². The molecule has 0 spiro atoms. The first kappa shape index (κ1) is 52.0. The van der Waals surface area contributed by atoms with Crippen molar-refractivity contribution in [1.82, 2.24) is 0 Å². The van der Waals surface area contributed by atoms with Gasteiger partial charge in [0.1, 0.15) is 18.3 Å². The van der Waals surface area contributed by atoms with Crippen molar-refractivity contribution in [2.75, 3.05) is 0 Å². The number of aliphatic hydroxyl groups is 4. The van der Waals surface area contributed by atoms with Crippen molar-refractivity contribution < 1.29 is 88.5 Å². The largest absolute Gasteiger partial charge is 1.00 e. The summed E-state index contributed by atoms with van der Waals surface area (Å²) >= 11 is 0. The van der Waals surface area contributed by atoms with E-state index in [1.165, 1.54) is 5.57 Å². The third-order valence-corrected chi connectivity index (χ3v) is 13.4. The first-order chi connectivity index (χ1) is 27.9. The summed E-state index contributed by atoms with van der Waals surface area (Å²) in [6.07, 6.45) is 14.0. The molecule has 0 aromatic heterocycles. The topological polar surface area (TPSA) is 200 Å². The molecule has 60 heavy (non-hydrogen) atoms. The number of carbonyl (C=O) groups excluding carboxylic acids is 4. The van der Waals surface area contributed by atoms with Crippen molar-refractivity contribution in [3.05, 3.63) is 47.6 Å². The number of ether oxygens (including phenoxy) is 3. The Bertz CT molecular complexity index is 1560. The van der Waals surface area contributed by atoms with Crippen LogP contribution >= 0.6 is 0 Å². The van der Waals surface area contributed by atoms with Gasteiger partial charge in [-0.25, -0.2) is 0 Å². The fourth-order valence-corrected chi connectivity index (χ4v) is 9.58. The summed E-state index contributed by atoms with van der Waals surface area (Å²) in [4.78, 5) is 47.2. The first-order valence-corrected chi connectivity index (χ1v) is 22.2. The quantitative estimate of drug-likeness (QED) is 0.101. The molecule has 5 rings (SSSR count). The van der Waals surface area contributed by atoms with Gasteiger partial charge in [0.2, 0.25) is 0 Å². The zero-order chi connectivity index (χ0) is 43.6. The van der Waals surface area contributed by atoms with Gasteiger partial charge < -0.3 is 44.5 Å². The molecule has 0 unspecified atom stereocenters. The van der Waals surface area contributed by atoms with E-state index in [1.54, 1.807) is 0 Å². The average molecular weight is 851 g/mol. The molecule has 0 bridgehead atoms. The van der Waals surface area contributed by atoms with E-state index in [9.17, 15) is 44.7 Å². The van der Waals surface area contributed by atoms with E-state index in [-0.39, 0.29) is 108 Å². The van der Waals surface area contributed by atoms with Crippen LogP contribution in [0.1, 0.15) is 126 Å². The first-order valence-electron chi connectivity index (χ1n) is 22.2. The van der Waals surface area contributed by atoms with Crippen LogP contribution < -0.4 is 34.7 Å². The molecule has 0 aromatic carbocycles. The number of aliphatic carboxylic acids is 1. The summed E-state index contributed by atoms with van der Waals surface area (Å²) in [7, 11) is 0. The zero-order valence-corrected chi connectivity index (χ0v) is 39.2. The molecule has 0 saturated carbocycles. The number of rotatable bonds is 16. The van der Waals surface area contributed by atoms with E-state index < -0.39 is 42.9 Å². The van der Waals surface area contributed by atoms with Crippen molar-refractivity contribution in [1.29, 1.82) is 0 Å². The summed E-state index contributed by atoms with van der Waals surface area (Å²) in [6.45, 7) is 14.2. The van der Waals surface area contributed by atoms with Gasteiger partial charge in [0.05, 0.1) is 42.7 Å². The molecule has 12 nitrogen and oxygen atoms in total. The molecule has 13 heteroatoms. The minimum atomic E-state index is -1.35. The number of carboxylic acid groups (broad SMARTS) is 1. The maximum Gasteiger partial charge on any atom is 1.00 e. The fraction of sp³-hybridized carbons (Fsp3) is 0.745. The van der Waals surface area contributed by atoms with Crippen molar-refractivity contribution in [3.8, 4) is 0 Å². The van der Waals surface area contributed by atoms with Gasteiger partial charge in [-0.2, -0.15) is 0 Å². The summed E-state index contributed by atoms with van der Waals surface area (Å²) in [5, 5.41) is 50.7. The Morgan fingerprint density at radius 1 is 0.800 bits per heavy atom. The van der Waals surface area contributed by atoms with E-state index in [0.29, 0.717) is 49.9 Å². The van der Waals surface area contributed by atoms with Gasteiger partial charge in [0, 0.05) is 37.1 Å². The van der Waals surface area contributed by atoms with E-state index >= 15 is 0 Å². The molecule has 1 fully saturated rings. The van der Waals surface area contributed by atoms with Crippen LogP contribution in [0.2, 0.25) is 0 Å². The molecule has 0 radical (unpaired) electrons. The third kappa shape index (κ3) is 14.9. The second-order valence-electron chi connectivity index (χ2n) is 18.2. The Labute approximate surface area is 379 Å². The molecule has 1 aliphatic heterocycles. The summed E-state index contributed by atoms with van der Waals surface area (Å²) < 4.78 is 17.3. The molecule has 332 valence electrons. The summed E-state index contributed by atoms with van der Waals surface area (Å²) in [6, 6.07) is 0. The molecule has 0 amide bonds. The minimum Gasteiger partial charge on any atom is -0.550 e. The van der Waals surface area contributed by atoms with Gasteiger partial charge >= 0.3 is 47.5 Å². The maximum atomic E-state index is 12.5. The Morgan fingerprint density at radius 3 is 1.87 bits per heavy atom. The van der Waals surface area contributed by atoms with Crippen molar-refractivity contribution in [2.45, 2.75) is 168 Å². The standard InChI is InChI=1S/C24H36O5.C23H36O7.Na/c1-5-15(3)24(27)29-21-11-14(2)10-17-7-6-16(4)20(23(17)21)9-8-19-12-18(25)13-22(26)28-19;1-4-13(2)23(29)30-20-11-17(25)9-15-6-5-14(3)19(22(15)20)8-7-16(24)10-18(26)12-21(27)28;/h6-7,10,14-16,18-21,23,25H,5,8-9,11-13H2,1-4H3;5-6,9,13-14,16-20,22,24-26H,4,7-8,10-12H2,1-3H3,(H,27,28);/q;;+1/p-1/t14-,15-,16-,18+,19+,20-,21-,23-;13-,14-,16+,17+,18+,19-,20-,22-;/m00./s1. The minimum absolute atomic E-state index is 0. The number of esters is 3. The molecule has 4 N–H and O–H groups in total. The average Bonchev–Trinajstić information content (AvgIpc) is 3.16. The fourth-order valence-electron chi connectivity index (χ4n) is 9.58. The van der Waals surface area contributed by atoms with Crippen LogP contribution in [0.4, 0.5) is 0 Å². The summed E-state index contributed by atoms with van der Waals surface area (Å²) in [5.41, 5.74) is 2.22. The van der Waals surface area contributed by atoms with Crippen molar-refractivity contribution >= 4 is 23.9 Å². The zero-order valence-electron chi connectivity index (χ0n) is 37.2. The van der Waals surface area contributed by atoms with E-state index in [1.807, 2.05) is 39.8 Å². The summed E-state index contributed by atoms with van der Waals surface area (Å²) in [5.74, 6) is -0.848. The van der Waals surface area contributed by atoms with Gasteiger partial charge in [-0.05, 0) is 92.1 Å². The van der Waals surface area contributed by atoms with E-state index in [2.05, 4.69) is 45.1 Å². The Morgan fingerprint density at radius 2 is 1.33 bits per heavy atom. The van der Waals surface area contributed by atoms with Gasteiger partial charge in [-0.1, -0.05) is 84.9 Å². The van der Waals surface area contributed by atoms with Crippen LogP contribution in [0.5, 0.6) is 0 Å². The van der Waals surface area contributed by atoms with E-state index in [4.69, 9.17) is 14.2 Å². The second-order valence-corrected chi connectivity index (χ2v) is 18.2. The number of cyclic esters (lactones) is 1. The normalized spacial score (nSPS) is 34.0. The predicted molar refractivity (Wildman–Crippen MR) is 220 cm³/mol. The Kier molecular flexibility index (Phi) is 21.2. The van der Waals surface area contributed by atoms with Crippen LogP contribution in [0, 0.1) is 53.3 Å². The third-order valence-electron chi connectivity index (χ3n) is 13.4. The van der Waals surface area contributed by atoms with Gasteiger partial charge in [0.25, 0.3) is 0 Å². The molecule has 1 heterocycles. The Hall–Kier alpha value is -2.32. The molecular weight excluding hydrogens is 779 g/mol. The smallest absolute Gasteiger partial charge is 0.550 e. The van der Waals surface area contributed by atoms with Crippen LogP contribution in [0.15, 0.2) is 47.6 Å². The number of fused-ring (bicyclic) bond motifs is 2. The number of aliphatic hydroxyl groups excluding tert-OH is 4. The van der Waals surface area contributed by atoms with Crippen LogP contribution in [-0.2, 0) is 33.4 Å². The monoisotopic (exact) mass is 850 g/mol. The van der Waals surface area contributed by atoms with Gasteiger partial charge in [-0.15, -0.1) is 0 Å². The Balaban J connectivity index is 0.000000315. The SMILES string of the molecule is CC[C@H](C)C(=O)O[C@H]1C[C@@H](C)C=C2C=C[C@H](C)[C@H](CC[C@@H]3C[C@@H](O)CC(=O)O3)[C@H]21.CC[C@H](C)C(=O)O[C@H]1C[C@H](O)C=C2C=C[C@H](C)[C@H](CC[C@@H](O)C[C@@H](O)CC(=O)[O-])[C@H]21.[Na+]. The molecule has 16 atom stereocenters. The van der Waals surface area contributed by atoms with Crippen molar-refractivity contribution in [2.24, 2.45) is 53.3 Å². The van der Waals surface area contributed by atoms with E-state index in [0.717, 1.165) is 31.3 Å².